The summed E-state index contributed by atoms with van der Waals surface area (Å²) in [5, 5.41) is 9.65. The fourth-order valence-corrected chi connectivity index (χ4v) is 1.99. The Bertz CT molecular complexity index is 305. The van der Waals surface area contributed by atoms with E-state index in [-0.39, 0.29) is 0 Å². The van der Waals surface area contributed by atoms with Crippen LogP contribution in [-0.4, -0.2) is 43.0 Å². The van der Waals surface area contributed by atoms with E-state index >= 15 is 0 Å². The highest BCUT2D eigenvalue weighted by molar-refractivity contribution is 7.99. The average molecular weight is 257 g/mol. The maximum atomic E-state index is 9.65. The number of hydrogen-bond donors (Lipinski definition) is 2. The van der Waals surface area contributed by atoms with Crippen molar-refractivity contribution in [2.24, 2.45) is 0 Å². The number of hydrogen-bond acceptors (Lipinski definition) is 5. The number of methoxy groups -OCH3 is 1. The van der Waals surface area contributed by atoms with Crippen LogP contribution < -0.4 is 10.5 Å². The summed E-state index contributed by atoms with van der Waals surface area (Å²) in [6, 6.07) is 7.13. The molecule has 1 atom stereocenters. The summed E-state index contributed by atoms with van der Waals surface area (Å²) in [5.41, 5.74) is 6.26. The van der Waals surface area contributed by atoms with Crippen molar-refractivity contribution in [1.82, 2.24) is 0 Å². The van der Waals surface area contributed by atoms with Gasteiger partial charge in [-0.3, -0.25) is 0 Å². The lowest BCUT2D eigenvalue weighted by Gasteiger charge is -2.12. The second-order valence-electron chi connectivity index (χ2n) is 3.60. The molecule has 0 fully saturated rings. The molecular weight excluding hydrogens is 238 g/mol. The number of aliphatic hydroxyl groups is 1. The third kappa shape index (κ3) is 6.41. The van der Waals surface area contributed by atoms with Crippen LogP contribution >= 0.6 is 11.8 Å². The van der Waals surface area contributed by atoms with Crippen molar-refractivity contribution in [3.05, 3.63) is 24.3 Å². The highest BCUT2D eigenvalue weighted by atomic mass is 32.2. The molecule has 4 nitrogen and oxygen atoms in total. The van der Waals surface area contributed by atoms with Crippen LogP contribution in [0.4, 0.5) is 5.69 Å². The second kappa shape index (κ2) is 8.22. The monoisotopic (exact) mass is 257 g/mol. The van der Waals surface area contributed by atoms with Gasteiger partial charge in [0, 0.05) is 24.3 Å². The Kier molecular flexibility index (Phi) is 6.84. The molecule has 0 heterocycles. The molecule has 0 amide bonds. The van der Waals surface area contributed by atoms with Gasteiger partial charge < -0.3 is 20.3 Å². The summed E-state index contributed by atoms with van der Waals surface area (Å²) in [6.45, 7) is 1.00. The van der Waals surface area contributed by atoms with Gasteiger partial charge in [-0.15, -0.1) is 0 Å². The van der Waals surface area contributed by atoms with Gasteiger partial charge in [-0.25, -0.2) is 0 Å². The molecule has 0 aliphatic carbocycles. The van der Waals surface area contributed by atoms with Gasteiger partial charge in [-0.05, 0) is 24.3 Å². The van der Waals surface area contributed by atoms with Crippen LogP contribution in [0.3, 0.4) is 0 Å². The topological polar surface area (TPSA) is 64.7 Å². The molecule has 0 aliphatic heterocycles. The second-order valence-corrected chi connectivity index (χ2v) is 4.75. The molecule has 5 heteroatoms. The zero-order valence-corrected chi connectivity index (χ0v) is 10.8. The average Bonchev–Trinajstić information content (AvgIpc) is 2.34. The van der Waals surface area contributed by atoms with Crippen LogP contribution in [0.15, 0.2) is 24.3 Å². The maximum absolute atomic E-state index is 9.65. The minimum absolute atomic E-state index is 0.296. The smallest absolute Gasteiger partial charge is 0.119 e. The zero-order valence-electron chi connectivity index (χ0n) is 9.96. The molecule has 17 heavy (non-hydrogen) atoms. The van der Waals surface area contributed by atoms with Crippen LogP contribution in [0.1, 0.15) is 0 Å². The van der Waals surface area contributed by atoms with Crippen molar-refractivity contribution in [3.8, 4) is 5.75 Å². The first-order valence-corrected chi connectivity index (χ1v) is 6.61. The number of nitrogen functional groups attached to an aromatic ring is 1. The first kappa shape index (κ1) is 14.2. The van der Waals surface area contributed by atoms with E-state index in [0.717, 1.165) is 11.5 Å². The van der Waals surface area contributed by atoms with Crippen molar-refractivity contribution >= 4 is 17.4 Å². The Labute approximate surface area is 106 Å². The molecular formula is C12H19NO3S. The summed E-state index contributed by atoms with van der Waals surface area (Å²) < 4.78 is 10.3. The van der Waals surface area contributed by atoms with Crippen LogP contribution in [-0.2, 0) is 4.74 Å². The van der Waals surface area contributed by atoms with E-state index in [2.05, 4.69) is 0 Å². The number of anilines is 1. The van der Waals surface area contributed by atoms with Gasteiger partial charge in [-0.2, -0.15) is 11.8 Å². The molecule has 1 unspecified atom stereocenters. The Hall–Kier alpha value is -0.910. The van der Waals surface area contributed by atoms with E-state index in [9.17, 15) is 5.11 Å². The van der Waals surface area contributed by atoms with Crippen molar-refractivity contribution in [2.45, 2.75) is 6.10 Å². The fourth-order valence-electron chi connectivity index (χ4n) is 1.17. The Morgan fingerprint density at radius 2 is 2.06 bits per heavy atom. The molecule has 3 N–H and O–H groups in total. The molecule has 0 aromatic heterocycles. The van der Waals surface area contributed by atoms with Crippen LogP contribution in [0.5, 0.6) is 5.75 Å². The largest absolute Gasteiger partial charge is 0.491 e. The lowest BCUT2D eigenvalue weighted by molar-refractivity contribution is 0.126. The minimum Gasteiger partial charge on any atom is -0.491 e. The lowest BCUT2D eigenvalue weighted by atomic mass is 10.3. The number of thioether (sulfide) groups is 1. The number of nitrogens with two attached hydrogens (primary N) is 1. The van der Waals surface area contributed by atoms with Gasteiger partial charge in [-0.1, -0.05) is 0 Å². The summed E-state index contributed by atoms with van der Waals surface area (Å²) >= 11 is 1.65. The van der Waals surface area contributed by atoms with Gasteiger partial charge in [0.25, 0.3) is 0 Å². The number of ether oxygens (including phenoxy) is 2. The molecule has 0 spiro atoms. The third-order valence-electron chi connectivity index (χ3n) is 2.06. The van der Waals surface area contributed by atoms with E-state index in [1.54, 1.807) is 43.1 Å². The van der Waals surface area contributed by atoms with Crippen LogP contribution in [0, 0.1) is 0 Å². The Morgan fingerprint density at radius 3 is 2.71 bits per heavy atom. The first-order valence-electron chi connectivity index (χ1n) is 5.45. The Morgan fingerprint density at radius 1 is 1.35 bits per heavy atom. The van der Waals surface area contributed by atoms with E-state index in [0.29, 0.717) is 24.7 Å². The van der Waals surface area contributed by atoms with Gasteiger partial charge in [0.05, 0.1) is 12.7 Å². The molecule has 0 aliphatic rings. The molecule has 1 aromatic carbocycles. The predicted octanol–water partition coefficient (Wildman–Crippen LogP) is 1.39. The highest BCUT2D eigenvalue weighted by Crippen LogP contribution is 2.13. The molecule has 1 rings (SSSR count). The molecule has 0 saturated carbocycles. The standard InChI is InChI=1S/C12H19NO3S/c1-15-6-7-17-9-11(14)8-16-12-4-2-10(13)3-5-12/h2-5,11,14H,6-9,13H2,1H3. The van der Waals surface area contributed by atoms with E-state index in [4.69, 9.17) is 15.2 Å². The normalized spacial score (nSPS) is 12.4. The number of benzene rings is 1. The Balaban J connectivity index is 2.14. The van der Waals surface area contributed by atoms with Crippen molar-refractivity contribution in [2.75, 3.05) is 37.6 Å². The maximum Gasteiger partial charge on any atom is 0.119 e. The van der Waals surface area contributed by atoms with Crippen molar-refractivity contribution < 1.29 is 14.6 Å². The molecule has 0 bridgehead atoms. The molecule has 0 radical (unpaired) electrons. The van der Waals surface area contributed by atoms with Crippen LogP contribution in [0.2, 0.25) is 0 Å². The van der Waals surface area contributed by atoms with Gasteiger partial charge >= 0.3 is 0 Å². The number of aliphatic hydroxyl groups excluding tert-OH is 1. The third-order valence-corrected chi connectivity index (χ3v) is 3.14. The fraction of sp³-hybridized carbons (Fsp3) is 0.500. The van der Waals surface area contributed by atoms with Crippen LogP contribution in [0.25, 0.3) is 0 Å². The lowest BCUT2D eigenvalue weighted by Crippen LogP contribution is -2.20. The van der Waals surface area contributed by atoms with Crippen molar-refractivity contribution in [1.29, 1.82) is 0 Å². The summed E-state index contributed by atoms with van der Waals surface area (Å²) in [6.07, 6.45) is -0.464. The molecule has 0 saturated heterocycles. The molecule has 1 aromatic rings. The SMILES string of the molecule is COCCSCC(O)COc1ccc(N)cc1. The van der Waals surface area contributed by atoms with Gasteiger partial charge in [0.15, 0.2) is 0 Å². The summed E-state index contributed by atoms with van der Waals surface area (Å²) in [4.78, 5) is 0. The quantitative estimate of drug-likeness (QED) is 0.544. The van der Waals surface area contributed by atoms with Crippen molar-refractivity contribution in [3.63, 3.8) is 0 Å². The summed E-state index contributed by atoms with van der Waals surface area (Å²) in [5.74, 6) is 2.26. The van der Waals surface area contributed by atoms with Gasteiger partial charge in [0.1, 0.15) is 12.4 Å². The van der Waals surface area contributed by atoms with E-state index < -0.39 is 6.10 Å². The summed E-state index contributed by atoms with van der Waals surface area (Å²) in [7, 11) is 1.67. The van der Waals surface area contributed by atoms with Gasteiger partial charge in [0.2, 0.25) is 0 Å². The number of rotatable bonds is 8. The van der Waals surface area contributed by atoms with E-state index in [1.807, 2.05) is 0 Å². The molecule has 96 valence electrons. The highest BCUT2D eigenvalue weighted by Gasteiger charge is 2.05. The first-order chi connectivity index (χ1) is 8.22. The zero-order chi connectivity index (χ0) is 12.5. The minimum atomic E-state index is -0.464. The van der Waals surface area contributed by atoms with E-state index in [1.165, 1.54) is 0 Å². The predicted molar refractivity (Wildman–Crippen MR) is 71.6 cm³/mol.